The van der Waals surface area contributed by atoms with Crippen LogP contribution in [0, 0.1) is 0 Å². The number of aliphatic hydroxyl groups excluding tert-OH is 4. The van der Waals surface area contributed by atoms with Gasteiger partial charge in [0, 0.05) is 37.6 Å². The molecule has 0 aliphatic heterocycles. The van der Waals surface area contributed by atoms with Gasteiger partial charge in [-0.25, -0.2) is 0 Å². The highest BCUT2D eigenvalue weighted by atomic mass is 16.3. The van der Waals surface area contributed by atoms with Crippen LogP contribution in [0.3, 0.4) is 0 Å². The molecule has 114 valence electrons. The third-order valence-corrected chi connectivity index (χ3v) is 3.06. The zero-order chi connectivity index (χ0) is 14.8. The Hall–Kier alpha value is -1.34. The lowest BCUT2D eigenvalue weighted by molar-refractivity contribution is 0.280. The number of aliphatic hydroxyl groups is 4. The van der Waals surface area contributed by atoms with E-state index >= 15 is 0 Å². The highest BCUT2D eigenvalue weighted by Gasteiger charge is 2.08. The van der Waals surface area contributed by atoms with Gasteiger partial charge in [0.2, 0.25) is 0 Å². The van der Waals surface area contributed by atoms with Crippen molar-refractivity contribution in [3.8, 4) is 0 Å². The minimum atomic E-state index is 0.0307. The zero-order valence-electron chi connectivity index (χ0n) is 11.6. The molecule has 1 rings (SSSR count). The van der Waals surface area contributed by atoms with Crippen molar-refractivity contribution >= 4 is 11.4 Å². The molecule has 1 aromatic rings. The molecular formula is C14H24N2O4. The first kappa shape index (κ1) is 16.7. The third-order valence-electron chi connectivity index (χ3n) is 3.06. The van der Waals surface area contributed by atoms with E-state index in [2.05, 4.69) is 0 Å². The van der Waals surface area contributed by atoms with Crippen LogP contribution in [0.5, 0.6) is 0 Å². The summed E-state index contributed by atoms with van der Waals surface area (Å²) in [6.07, 6.45) is 0. The molecule has 0 heterocycles. The van der Waals surface area contributed by atoms with Gasteiger partial charge in [-0.15, -0.1) is 0 Å². The molecule has 0 aromatic heterocycles. The van der Waals surface area contributed by atoms with E-state index < -0.39 is 0 Å². The molecule has 0 bridgehead atoms. The first-order valence-corrected chi connectivity index (χ1v) is 6.80. The van der Waals surface area contributed by atoms with Crippen molar-refractivity contribution < 1.29 is 20.4 Å². The molecule has 0 saturated heterocycles. The Kier molecular flexibility index (Phi) is 7.98. The molecule has 0 amide bonds. The summed E-state index contributed by atoms with van der Waals surface area (Å²) in [7, 11) is 0. The standard InChI is InChI=1S/C14H24N2O4/c17-9-5-15(6-10-18)13-1-2-14(4-3-13)16(7-11-19)8-12-20/h1-4,17-20H,5-12H2. The van der Waals surface area contributed by atoms with E-state index in [0.717, 1.165) is 11.4 Å². The highest BCUT2D eigenvalue weighted by Crippen LogP contribution is 2.20. The average molecular weight is 284 g/mol. The summed E-state index contributed by atoms with van der Waals surface area (Å²) in [4.78, 5) is 3.79. The quantitative estimate of drug-likeness (QED) is 0.453. The number of hydrogen-bond acceptors (Lipinski definition) is 6. The van der Waals surface area contributed by atoms with Crippen LogP contribution in [0.2, 0.25) is 0 Å². The Morgan fingerprint density at radius 2 is 0.800 bits per heavy atom. The summed E-state index contributed by atoms with van der Waals surface area (Å²) >= 11 is 0. The fraction of sp³-hybridized carbons (Fsp3) is 0.571. The van der Waals surface area contributed by atoms with E-state index in [1.807, 2.05) is 34.1 Å². The van der Waals surface area contributed by atoms with Crippen LogP contribution in [0.25, 0.3) is 0 Å². The molecule has 0 aliphatic carbocycles. The van der Waals surface area contributed by atoms with E-state index in [1.54, 1.807) is 0 Å². The molecule has 0 aliphatic rings. The second-order valence-electron chi connectivity index (χ2n) is 4.38. The summed E-state index contributed by atoms with van der Waals surface area (Å²) in [5.41, 5.74) is 1.84. The normalized spacial score (nSPS) is 10.6. The second kappa shape index (κ2) is 9.55. The molecular weight excluding hydrogens is 260 g/mol. The van der Waals surface area contributed by atoms with Crippen molar-refractivity contribution in [2.24, 2.45) is 0 Å². The Balaban J connectivity index is 2.79. The van der Waals surface area contributed by atoms with E-state index in [1.165, 1.54) is 0 Å². The second-order valence-corrected chi connectivity index (χ2v) is 4.38. The minimum absolute atomic E-state index is 0.0307. The Morgan fingerprint density at radius 1 is 0.550 bits per heavy atom. The Labute approximate surface area is 119 Å². The van der Waals surface area contributed by atoms with Crippen molar-refractivity contribution in [1.29, 1.82) is 0 Å². The predicted molar refractivity (Wildman–Crippen MR) is 79.2 cm³/mol. The van der Waals surface area contributed by atoms with E-state index in [9.17, 15) is 0 Å². The molecule has 6 nitrogen and oxygen atoms in total. The van der Waals surface area contributed by atoms with Crippen molar-refractivity contribution in [2.45, 2.75) is 0 Å². The van der Waals surface area contributed by atoms with Crippen molar-refractivity contribution in [3.05, 3.63) is 24.3 Å². The number of nitrogens with zero attached hydrogens (tertiary/aromatic N) is 2. The fourth-order valence-electron chi connectivity index (χ4n) is 2.10. The van der Waals surface area contributed by atoms with Gasteiger partial charge in [0.05, 0.1) is 26.4 Å². The lowest BCUT2D eigenvalue weighted by atomic mass is 10.2. The van der Waals surface area contributed by atoms with Crippen LogP contribution in [-0.2, 0) is 0 Å². The summed E-state index contributed by atoms with van der Waals surface area (Å²) < 4.78 is 0. The monoisotopic (exact) mass is 284 g/mol. The minimum Gasteiger partial charge on any atom is -0.395 e. The molecule has 1 aromatic carbocycles. The largest absolute Gasteiger partial charge is 0.395 e. The summed E-state index contributed by atoms with van der Waals surface area (Å²) in [5, 5.41) is 36.1. The van der Waals surface area contributed by atoms with Gasteiger partial charge in [-0.05, 0) is 24.3 Å². The summed E-state index contributed by atoms with van der Waals surface area (Å²) in [5.74, 6) is 0. The Bertz CT molecular complexity index is 312. The maximum absolute atomic E-state index is 9.02. The van der Waals surface area contributed by atoms with Gasteiger partial charge in [0.15, 0.2) is 0 Å². The van der Waals surface area contributed by atoms with E-state index in [4.69, 9.17) is 20.4 Å². The average Bonchev–Trinajstić information content (AvgIpc) is 2.47. The molecule has 0 unspecified atom stereocenters. The molecule has 4 N–H and O–H groups in total. The molecule has 0 radical (unpaired) electrons. The van der Waals surface area contributed by atoms with E-state index in [-0.39, 0.29) is 26.4 Å². The first-order valence-electron chi connectivity index (χ1n) is 6.80. The third kappa shape index (κ3) is 4.97. The van der Waals surface area contributed by atoms with Crippen LogP contribution >= 0.6 is 0 Å². The molecule has 0 atom stereocenters. The number of hydrogen-bond donors (Lipinski definition) is 4. The summed E-state index contributed by atoms with van der Waals surface area (Å²) in [6.45, 7) is 2.00. The van der Waals surface area contributed by atoms with Gasteiger partial charge in [-0.3, -0.25) is 0 Å². The number of rotatable bonds is 10. The number of benzene rings is 1. The lowest BCUT2D eigenvalue weighted by Gasteiger charge is -2.26. The Morgan fingerprint density at radius 3 is 1.00 bits per heavy atom. The molecule has 0 spiro atoms. The van der Waals surface area contributed by atoms with Gasteiger partial charge in [0.1, 0.15) is 0 Å². The van der Waals surface area contributed by atoms with Crippen LogP contribution in [-0.4, -0.2) is 73.0 Å². The maximum Gasteiger partial charge on any atom is 0.0606 e. The van der Waals surface area contributed by atoms with Crippen molar-refractivity contribution in [2.75, 3.05) is 62.4 Å². The highest BCUT2D eigenvalue weighted by molar-refractivity contribution is 5.56. The van der Waals surface area contributed by atoms with Crippen molar-refractivity contribution in [1.82, 2.24) is 0 Å². The predicted octanol–water partition coefficient (Wildman–Crippen LogP) is -0.731. The zero-order valence-corrected chi connectivity index (χ0v) is 11.6. The maximum atomic E-state index is 9.02. The van der Waals surface area contributed by atoms with Gasteiger partial charge >= 0.3 is 0 Å². The first-order chi connectivity index (χ1) is 9.76. The van der Waals surface area contributed by atoms with Gasteiger partial charge in [-0.1, -0.05) is 0 Å². The fourth-order valence-corrected chi connectivity index (χ4v) is 2.10. The van der Waals surface area contributed by atoms with E-state index in [0.29, 0.717) is 26.2 Å². The van der Waals surface area contributed by atoms with Crippen molar-refractivity contribution in [3.63, 3.8) is 0 Å². The van der Waals surface area contributed by atoms with Crippen LogP contribution in [0.15, 0.2) is 24.3 Å². The molecule has 20 heavy (non-hydrogen) atoms. The smallest absolute Gasteiger partial charge is 0.0606 e. The van der Waals surface area contributed by atoms with Gasteiger partial charge in [-0.2, -0.15) is 0 Å². The lowest BCUT2D eigenvalue weighted by Crippen LogP contribution is -2.31. The van der Waals surface area contributed by atoms with Crippen LogP contribution < -0.4 is 9.80 Å². The SMILES string of the molecule is OCCN(CCO)c1ccc(N(CCO)CCO)cc1. The molecule has 0 fully saturated rings. The molecule has 6 heteroatoms. The van der Waals surface area contributed by atoms with Crippen LogP contribution in [0.1, 0.15) is 0 Å². The van der Waals surface area contributed by atoms with Crippen LogP contribution in [0.4, 0.5) is 11.4 Å². The topological polar surface area (TPSA) is 87.4 Å². The number of anilines is 2. The van der Waals surface area contributed by atoms with Gasteiger partial charge in [0.25, 0.3) is 0 Å². The van der Waals surface area contributed by atoms with Gasteiger partial charge < -0.3 is 30.2 Å². The summed E-state index contributed by atoms with van der Waals surface area (Å²) in [6, 6.07) is 7.62. The molecule has 0 saturated carbocycles.